The van der Waals surface area contributed by atoms with Crippen molar-refractivity contribution in [3.8, 4) is 0 Å². The molecule has 5 heteroatoms. The minimum absolute atomic E-state index is 0.0247. The fourth-order valence-corrected chi connectivity index (χ4v) is 5.21. The lowest BCUT2D eigenvalue weighted by molar-refractivity contribution is -0.222. The molecule has 2 aliphatic rings. The molecule has 3 aromatic rings. The van der Waals surface area contributed by atoms with Gasteiger partial charge in [-0.15, -0.1) is 6.58 Å². The Hall–Kier alpha value is -2.89. The molecule has 30 heavy (non-hydrogen) atoms. The first-order chi connectivity index (χ1) is 14.7. The number of benzene rings is 2. The zero-order valence-electron chi connectivity index (χ0n) is 17.2. The van der Waals surface area contributed by atoms with Gasteiger partial charge in [0.25, 0.3) is 0 Å². The van der Waals surface area contributed by atoms with E-state index < -0.39 is 0 Å². The summed E-state index contributed by atoms with van der Waals surface area (Å²) in [6.07, 6.45) is 4.49. The molecule has 2 bridgehead atoms. The summed E-state index contributed by atoms with van der Waals surface area (Å²) in [7, 11) is 1.72. The van der Waals surface area contributed by atoms with Crippen molar-refractivity contribution < 1.29 is 14.4 Å². The molecule has 1 saturated heterocycles. The van der Waals surface area contributed by atoms with E-state index in [1.165, 1.54) is 5.56 Å². The monoisotopic (exact) mass is 402 g/mol. The predicted molar refractivity (Wildman–Crippen MR) is 116 cm³/mol. The Morgan fingerprint density at radius 2 is 1.90 bits per heavy atom. The van der Waals surface area contributed by atoms with Gasteiger partial charge < -0.3 is 9.57 Å². The van der Waals surface area contributed by atoms with E-state index in [0.717, 1.165) is 41.4 Å². The van der Waals surface area contributed by atoms with Crippen LogP contribution in [0.4, 0.5) is 4.79 Å². The molecule has 0 saturated carbocycles. The topological polar surface area (TPSA) is 43.7 Å². The molecule has 5 nitrogen and oxygen atoms in total. The van der Waals surface area contributed by atoms with Crippen LogP contribution in [-0.2, 0) is 22.6 Å². The van der Waals surface area contributed by atoms with E-state index in [9.17, 15) is 4.79 Å². The van der Waals surface area contributed by atoms with Crippen molar-refractivity contribution >= 4 is 17.0 Å². The standard InChI is InChI=1S/C25H26N2O3/c1-3-18-13-14-22-24-20(15-23(18)27(22)29-2)19-11-7-8-12-21(19)26(24)25(28)30-16-17-9-5-4-6-10-17/h3-12,18,22-23H,1,13-16H2,2H3/t18-,22-,23-/m1/s1. The number of nitrogens with zero attached hydrogens (tertiary/aromatic N) is 2. The smallest absolute Gasteiger partial charge is 0.419 e. The third kappa shape index (κ3) is 2.97. The lowest BCUT2D eigenvalue weighted by atomic mass is 9.77. The minimum Gasteiger partial charge on any atom is -0.444 e. The number of para-hydroxylation sites is 1. The summed E-state index contributed by atoms with van der Waals surface area (Å²) >= 11 is 0. The SMILES string of the molecule is C=C[C@@H]1CC[C@@H]2c3c(c4ccccc4n3C(=O)OCc3ccccc3)C[C@H]1N2OC. The summed E-state index contributed by atoms with van der Waals surface area (Å²) in [6.45, 7) is 4.29. The maximum absolute atomic E-state index is 13.3. The van der Waals surface area contributed by atoms with Gasteiger partial charge in [0, 0.05) is 11.4 Å². The van der Waals surface area contributed by atoms with Crippen molar-refractivity contribution in [1.29, 1.82) is 0 Å². The maximum atomic E-state index is 13.3. The molecule has 1 aromatic heterocycles. The highest BCUT2D eigenvalue weighted by Gasteiger charge is 2.45. The molecule has 0 aliphatic carbocycles. The Kier molecular flexibility index (Phi) is 4.93. The van der Waals surface area contributed by atoms with E-state index in [-0.39, 0.29) is 24.8 Å². The van der Waals surface area contributed by atoms with E-state index >= 15 is 0 Å². The van der Waals surface area contributed by atoms with Crippen molar-refractivity contribution in [2.45, 2.75) is 38.0 Å². The number of carbonyl (C=O) groups is 1. The molecule has 154 valence electrons. The first-order valence-electron chi connectivity index (χ1n) is 10.5. The van der Waals surface area contributed by atoms with Gasteiger partial charge in [0.1, 0.15) is 6.61 Å². The number of hydroxylamine groups is 2. The summed E-state index contributed by atoms with van der Waals surface area (Å²) in [5.41, 5.74) is 4.12. The molecule has 0 amide bonds. The summed E-state index contributed by atoms with van der Waals surface area (Å²) in [5.74, 6) is 0.376. The Balaban J connectivity index is 1.59. The molecule has 1 fully saturated rings. The zero-order valence-corrected chi connectivity index (χ0v) is 17.2. The van der Waals surface area contributed by atoms with Gasteiger partial charge in [-0.2, -0.15) is 5.06 Å². The van der Waals surface area contributed by atoms with E-state index in [1.54, 1.807) is 11.7 Å². The number of ether oxygens (including phenoxy) is 1. The number of fused-ring (bicyclic) bond motifs is 6. The lowest BCUT2D eigenvalue weighted by Crippen LogP contribution is -2.50. The van der Waals surface area contributed by atoms with Crippen LogP contribution in [0, 0.1) is 5.92 Å². The van der Waals surface area contributed by atoms with Crippen molar-refractivity contribution in [3.63, 3.8) is 0 Å². The first-order valence-corrected chi connectivity index (χ1v) is 10.5. The van der Waals surface area contributed by atoms with Crippen LogP contribution in [0.3, 0.4) is 0 Å². The predicted octanol–water partition coefficient (Wildman–Crippen LogP) is 5.25. The van der Waals surface area contributed by atoms with Gasteiger partial charge in [-0.1, -0.05) is 54.6 Å². The van der Waals surface area contributed by atoms with Crippen LogP contribution in [0.15, 0.2) is 67.3 Å². The highest BCUT2D eigenvalue weighted by atomic mass is 16.7. The van der Waals surface area contributed by atoms with E-state index in [4.69, 9.17) is 9.57 Å². The average molecular weight is 402 g/mol. The van der Waals surface area contributed by atoms with E-state index in [0.29, 0.717) is 5.92 Å². The Labute approximate surface area is 176 Å². The summed E-state index contributed by atoms with van der Waals surface area (Å²) in [5, 5.41) is 3.19. The molecule has 3 atom stereocenters. The third-order valence-electron chi connectivity index (χ3n) is 6.55. The normalized spacial score (nSPS) is 23.2. The van der Waals surface area contributed by atoms with Gasteiger partial charge in [0.15, 0.2) is 0 Å². The Morgan fingerprint density at radius 3 is 2.67 bits per heavy atom. The van der Waals surface area contributed by atoms with Crippen molar-refractivity contribution in [2.75, 3.05) is 7.11 Å². The second-order valence-electron chi connectivity index (χ2n) is 8.06. The van der Waals surface area contributed by atoms with Gasteiger partial charge in [0.05, 0.1) is 24.4 Å². The summed E-state index contributed by atoms with van der Waals surface area (Å²) < 4.78 is 7.52. The molecular formula is C25H26N2O3. The molecule has 0 spiro atoms. The molecule has 2 aromatic carbocycles. The van der Waals surface area contributed by atoms with Crippen LogP contribution in [0.25, 0.3) is 10.9 Å². The minimum atomic E-state index is -0.336. The van der Waals surface area contributed by atoms with Gasteiger partial charge in [-0.05, 0) is 42.4 Å². The zero-order chi connectivity index (χ0) is 20.7. The van der Waals surface area contributed by atoms with Crippen LogP contribution in [0.1, 0.15) is 35.7 Å². The number of hydrogen-bond donors (Lipinski definition) is 0. The van der Waals surface area contributed by atoms with Crippen molar-refractivity contribution in [1.82, 2.24) is 9.63 Å². The third-order valence-corrected chi connectivity index (χ3v) is 6.55. The number of piperidine rings is 1. The van der Waals surface area contributed by atoms with Crippen LogP contribution in [0.2, 0.25) is 0 Å². The highest BCUT2D eigenvalue weighted by molar-refractivity contribution is 5.94. The Bertz CT molecular complexity index is 1090. The fourth-order valence-electron chi connectivity index (χ4n) is 5.21. The quantitative estimate of drug-likeness (QED) is 0.559. The van der Waals surface area contributed by atoms with E-state index in [2.05, 4.69) is 17.7 Å². The number of carbonyl (C=O) groups excluding carboxylic acids is 1. The van der Waals surface area contributed by atoms with Crippen LogP contribution in [0.5, 0.6) is 0 Å². The number of rotatable bonds is 4. The van der Waals surface area contributed by atoms with Crippen LogP contribution >= 0.6 is 0 Å². The Morgan fingerprint density at radius 1 is 1.13 bits per heavy atom. The molecule has 0 radical (unpaired) electrons. The maximum Gasteiger partial charge on any atom is 0.419 e. The fraction of sp³-hybridized carbons (Fsp3) is 0.320. The number of hydrogen-bond acceptors (Lipinski definition) is 4. The molecule has 0 unspecified atom stereocenters. The molecule has 3 heterocycles. The second kappa shape index (κ2) is 7.74. The molecule has 5 rings (SSSR count). The van der Waals surface area contributed by atoms with Gasteiger partial charge in [-0.25, -0.2) is 9.36 Å². The van der Waals surface area contributed by atoms with Crippen LogP contribution < -0.4 is 0 Å². The highest BCUT2D eigenvalue weighted by Crippen LogP contribution is 2.47. The summed E-state index contributed by atoms with van der Waals surface area (Å²) in [6, 6.07) is 18.2. The second-order valence-corrected chi connectivity index (χ2v) is 8.06. The van der Waals surface area contributed by atoms with Gasteiger partial charge >= 0.3 is 6.09 Å². The van der Waals surface area contributed by atoms with Crippen LogP contribution in [-0.4, -0.2) is 28.9 Å². The van der Waals surface area contributed by atoms with Crippen molar-refractivity contribution in [3.05, 3.63) is 84.1 Å². The lowest BCUT2D eigenvalue weighted by Gasteiger charge is -2.47. The first kappa shape index (κ1) is 19.1. The average Bonchev–Trinajstić information content (AvgIpc) is 3.12. The summed E-state index contributed by atoms with van der Waals surface area (Å²) in [4.78, 5) is 19.1. The molecule has 0 N–H and O–H groups in total. The molecule has 2 aliphatic heterocycles. The number of aromatic nitrogens is 1. The van der Waals surface area contributed by atoms with E-state index in [1.807, 2.05) is 54.6 Å². The van der Waals surface area contributed by atoms with Crippen molar-refractivity contribution in [2.24, 2.45) is 5.92 Å². The van der Waals surface area contributed by atoms with Gasteiger partial charge in [0.2, 0.25) is 0 Å². The largest absolute Gasteiger partial charge is 0.444 e. The van der Waals surface area contributed by atoms with Gasteiger partial charge in [-0.3, -0.25) is 0 Å². The molecular weight excluding hydrogens is 376 g/mol.